The van der Waals surface area contributed by atoms with E-state index in [0.29, 0.717) is 6.54 Å². The zero-order valence-electron chi connectivity index (χ0n) is 11.0. The molecule has 0 aliphatic carbocycles. The Balaban J connectivity index is 2.88. The van der Waals surface area contributed by atoms with Gasteiger partial charge in [-0.25, -0.2) is 0 Å². The van der Waals surface area contributed by atoms with E-state index in [0.717, 1.165) is 18.1 Å². The molecular formula is C12H24N4. The van der Waals surface area contributed by atoms with Gasteiger partial charge < -0.3 is 10.3 Å². The molecule has 0 aliphatic rings. The lowest BCUT2D eigenvalue weighted by Gasteiger charge is -2.24. The lowest BCUT2D eigenvalue weighted by atomic mass is 10.1. The number of aromatic nitrogens is 3. The maximum atomic E-state index is 5.69. The lowest BCUT2D eigenvalue weighted by Crippen LogP contribution is -2.27. The first-order chi connectivity index (χ1) is 7.50. The van der Waals surface area contributed by atoms with Crippen molar-refractivity contribution in [2.45, 2.75) is 65.5 Å². The molecule has 0 aliphatic heterocycles. The van der Waals surface area contributed by atoms with Gasteiger partial charge in [-0.2, -0.15) is 0 Å². The summed E-state index contributed by atoms with van der Waals surface area (Å²) in [4.78, 5) is 0. The van der Waals surface area contributed by atoms with Gasteiger partial charge in [0.1, 0.15) is 11.6 Å². The highest BCUT2D eigenvalue weighted by Crippen LogP contribution is 2.19. The Morgan fingerprint density at radius 2 is 1.75 bits per heavy atom. The van der Waals surface area contributed by atoms with Crippen molar-refractivity contribution in [2.75, 3.05) is 0 Å². The molecule has 0 atom stereocenters. The van der Waals surface area contributed by atoms with E-state index in [2.05, 4.69) is 42.5 Å². The van der Waals surface area contributed by atoms with Gasteiger partial charge in [0.25, 0.3) is 0 Å². The van der Waals surface area contributed by atoms with Crippen molar-refractivity contribution in [3.05, 3.63) is 11.6 Å². The second-order valence-electron chi connectivity index (χ2n) is 5.20. The van der Waals surface area contributed by atoms with Crippen LogP contribution in [0, 0.1) is 0 Å². The van der Waals surface area contributed by atoms with Gasteiger partial charge in [-0.15, -0.1) is 10.2 Å². The first-order valence-corrected chi connectivity index (χ1v) is 6.14. The molecule has 4 nitrogen and oxygen atoms in total. The summed E-state index contributed by atoms with van der Waals surface area (Å²) >= 11 is 0. The summed E-state index contributed by atoms with van der Waals surface area (Å²) in [6, 6.07) is 0. The highest BCUT2D eigenvalue weighted by molar-refractivity contribution is 5.01. The molecule has 0 saturated heterocycles. The molecule has 0 radical (unpaired) electrons. The minimum atomic E-state index is 0.0136. The highest BCUT2D eigenvalue weighted by atomic mass is 15.3. The fraction of sp³-hybridized carbons (Fsp3) is 0.833. The molecule has 0 fully saturated rings. The normalized spacial score (nSPS) is 12.1. The van der Waals surface area contributed by atoms with Crippen molar-refractivity contribution in [2.24, 2.45) is 5.73 Å². The topological polar surface area (TPSA) is 56.7 Å². The average Bonchev–Trinajstić information content (AvgIpc) is 2.61. The Morgan fingerprint density at radius 3 is 2.25 bits per heavy atom. The van der Waals surface area contributed by atoms with E-state index >= 15 is 0 Å². The van der Waals surface area contributed by atoms with Crippen LogP contribution in [0.1, 0.15) is 58.6 Å². The molecule has 0 amide bonds. The van der Waals surface area contributed by atoms with Crippen LogP contribution in [-0.2, 0) is 18.5 Å². The van der Waals surface area contributed by atoms with Gasteiger partial charge in [-0.05, 0) is 27.2 Å². The minimum Gasteiger partial charge on any atom is -0.324 e. The van der Waals surface area contributed by atoms with Crippen LogP contribution in [0.4, 0.5) is 0 Å². The van der Waals surface area contributed by atoms with Gasteiger partial charge in [-0.1, -0.05) is 19.8 Å². The van der Waals surface area contributed by atoms with E-state index in [1.165, 1.54) is 19.3 Å². The SMILES string of the molecule is CCCCCc1nnc(CN)n1C(C)(C)C. The van der Waals surface area contributed by atoms with E-state index < -0.39 is 0 Å². The Morgan fingerprint density at radius 1 is 1.12 bits per heavy atom. The maximum Gasteiger partial charge on any atom is 0.147 e. The van der Waals surface area contributed by atoms with Gasteiger partial charge in [0, 0.05) is 12.0 Å². The Hall–Kier alpha value is -0.900. The summed E-state index contributed by atoms with van der Waals surface area (Å²) in [7, 11) is 0. The molecular weight excluding hydrogens is 200 g/mol. The van der Waals surface area contributed by atoms with Crippen LogP contribution < -0.4 is 5.73 Å². The van der Waals surface area contributed by atoms with Gasteiger partial charge in [0.05, 0.1) is 6.54 Å². The monoisotopic (exact) mass is 224 g/mol. The number of unbranched alkanes of at least 4 members (excludes halogenated alkanes) is 2. The molecule has 1 rings (SSSR count). The molecule has 2 N–H and O–H groups in total. The van der Waals surface area contributed by atoms with Crippen LogP contribution >= 0.6 is 0 Å². The van der Waals surface area contributed by atoms with E-state index in [9.17, 15) is 0 Å². The van der Waals surface area contributed by atoms with E-state index in [4.69, 9.17) is 5.73 Å². The molecule has 4 heteroatoms. The molecule has 0 unspecified atom stereocenters. The lowest BCUT2D eigenvalue weighted by molar-refractivity contribution is 0.367. The predicted octanol–water partition coefficient (Wildman–Crippen LogP) is 2.22. The minimum absolute atomic E-state index is 0.0136. The first kappa shape index (κ1) is 13.2. The number of nitrogens with two attached hydrogens (primary N) is 1. The van der Waals surface area contributed by atoms with E-state index in [1.807, 2.05) is 0 Å². The fourth-order valence-electron chi connectivity index (χ4n) is 1.96. The first-order valence-electron chi connectivity index (χ1n) is 6.14. The summed E-state index contributed by atoms with van der Waals surface area (Å²) in [6.07, 6.45) is 4.65. The molecule has 0 spiro atoms. The molecule has 92 valence electrons. The maximum absolute atomic E-state index is 5.69. The van der Waals surface area contributed by atoms with Crippen molar-refractivity contribution in [1.29, 1.82) is 0 Å². The third-order valence-electron chi connectivity index (χ3n) is 2.65. The Labute approximate surface area is 98.2 Å². The fourth-order valence-corrected chi connectivity index (χ4v) is 1.96. The van der Waals surface area contributed by atoms with Crippen molar-refractivity contribution in [1.82, 2.24) is 14.8 Å². The van der Waals surface area contributed by atoms with Gasteiger partial charge in [-0.3, -0.25) is 0 Å². The predicted molar refractivity (Wildman–Crippen MR) is 66.1 cm³/mol. The van der Waals surface area contributed by atoms with Crippen LogP contribution in [0.2, 0.25) is 0 Å². The van der Waals surface area contributed by atoms with E-state index in [-0.39, 0.29) is 5.54 Å². The number of aryl methyl sites for hydroxylation is 1. The molecule has 1 aromatic heterocycles. The smallest absolute Gasteiger partial charge is 0.147 e. The van der Waals surface area contributed by atoms with Crippen LogP contribution in [0.15, 0.2) is 0 Å². The standard InChI is InChI=1S/C12H24N4/c1-5-6-7-8-10-14-15-11(9-13)16(10)12(2,3)4/h5-9,13H2,1-4H3. The zero-order chi connectivity index (χ0) is 12.2. The summed E-state index contributed by atoms with van der Waals surface area (Å²) in [5.74, 6) is 1.96. The Bertz CT molecular complexity index is 322. The second-order valence-corrected chi connectivity index (χ2v) is 5.20. The largest absolute Gasteiger partial charge is 0.324 e. The zero-order valence-corrected chi connectivity index (χ0v) is 11.0. The van der Waals surface area contributed by atoms with Crippen LogP contribution in [0.3, 0.4) is 0 Å². The third-order valence-corrected chi connectivity index (χ3v) is 2.65. The van der Waals surface area contributed by atoms with Crippen LogP contribution in [0.25, 0.3) is 0 Å². The van der Waals surface area contributed by atoms with Gasteiger partial charge in [0.2, 0.25) is 0 Å². The molecule has 0 aromatic carbocycles. The molecule has 0 bridgehead atoms. The number of hydrogen-bond acceptors (Lipinski definition) is 3. The molecule has 1 aromatic rings. The summed E-state index contributed by atoms with van der Waals surface area (Å²) in [6.45, 7) is 9.16. The van der Waals surface area contributed by atoms with Crippen LogP contribution in [0.5, 0.6) is 0 Å². The molecule has 1 heterocycles. The summed E-state index contributed by atoms with van der Waals surface area (Å²) in [5, 5.41) is 8.43. The van der Waals surface area contributed by atoms with Gasteiger partial charge >= 0.3 is 0 Å². The number of nitrogens with zero attached hydrogens (tertiary/aromatic N) is 3. The third kappa shape index (κ3) is 3.04. The quantitative estimate of drug-likeness (QED) is 0.780. The highest BCUT2D eigenvalue weighted by Gasteiger charge is 2.21. The second kappa shape index (κ2) is 5.43. The summed E-state index contributed by atoms with van der Waals surface area (Å²) < 4.78 is 2.18. The molecule has 16 heavy (non-hydrogen) atoms. The average molecular weight is 224 g/mol. The van der Waals surface area contributed by atoms with Gasteiger partial charge in [0.15, 0.2) is 0 Å². The number of rotatable bonds is 5. The van der Waals surface area contributed by atoms with Crippen molar-refractivity contribution >= 4 is 0 Å². The summed E-state index contributed by atoms with van der Waals surface area (Å²) in [5.41, 5.74) is 5.71. The van der Waals surface area contributed by atoms with E-state index in [1.54, 1.807) is 0 Å². The number of hydrogen-bond donors (Lipinski definition) is 1. The van der Waals surface area contributed by atoms with Crippen molar-refractivity contribution < 1.29 is 0 Å². The molecule has 0 saturated carbocycles. The van der Waals surface area contributed by atoms with Crippen LogP contribution in [-0.4, -0.2) is 14.8 Å². The van der Waals surface area contributed by atoms with Crippen molar-refractivity contribution in [3.63, 3.8) is 0 Å². The van der Waals surface area contributed by atoms with Crippen molar-refractivity contribution in [3.8, 4) is 0 Å². The Kier molecular flexibility index (Phi) is 4.47.